The van der Waals surface area contributed by atoms with Crippen LogP contribution in [0.1, 0.15) is 19.3 Å². The van der Waals surface area contributed by atoms with Gasteiger partial charge in [-0.05, 0) is 31.4 Å². The van der Waals surface area contributed by atoms with Crippen LogP contribution in [-0.2, 0) is 4.74 Å². The van der Waals surface area contributed by atoms with Crippen LogP contribution in [0.5, 0.6) is 0 Å². The van der Waals surface area contributed by atoms with Crippen molar-refractivity contribution in [2.75, 3.05) is 12.4 Å². The van der Waals surface area contributed by atoms with E-state index in [1.807, 2.05) is 0 Å². The fourth-order valence-corrected chi connectivity index (χ4v) is 2.57. The van der Waals surface area contributed by atoms with E-state index in [9.17, 15) is 10.1 Å². The van der Waals surface area contributed by atoms with Gasteiger partial charge >= 0.3 is 5.69 Å². The molecule has 0 aliphatic heterocycles. The van der Waals surface area contributed by atoms with Crippen molar-refractivity contribution in [3.8, 4) is 0 Å². The Morgan fingerprint density at radius 1 is 1.50 bits per heavy atom. The summed E-state index contributed by atoms with van der Waals surface area (Å²) in [7, 11) is 1.69. The number of ether oxygens (including phenoxy) is 1. The number of nitrogens with one attached hydrogen (secondary N) is 1. The molecule has 0 saturated heterocycles. The lowest BCUT2D eigenvalue weighted by Crippen LogP contribution is -2.18. The third-order valence-corrected chi connectivity index (χ3v) is 3.55. The van der Waals surface area contributed by atoms with Crippen LogP contribution in [0.15, 0.2) is 18.2 Å². The second kappa shape index (κ2) is 5.54. The monoisotopic (exact) mass is 270 g/mol. The van der Waals surface area contributed by atoms with Crippen molar-refractivity contribution in [3.63, 3.8) is 0 Å². The highest BCUT2D eigenvalue weighted by Crippen LogP contribution is 2.34. The average molecular weight is 271 g/mol. The van der Waals surface area contributed by atoms with Gasteiger partial charge in [-0.3, -0.25) is 10.1 Å². The number of methoxy groups -OCH3 is 1. The fraction of sp³-hybridized carbons (Fsp3) is 0.500. The fourth-order valence-electron chi connectivity index (χ4n) is 2.32. The first-order valence-electron chi connectivity index (χ1n) is 5.84. The number of hydrogen-bond acceptors (Lipinski definition) is 4. The van der Waals surface area contributed by atoms with E-state index < -0.39 is 4.92 Å². The number of halogens is 1. The molecule has 1 aromatic rings. The Morgan fingerprint density at radius 3 is 2.89 bits per heavy atom. The zero-order chi connectivity index (χ0) is 13.1. The molecule has 2 unspecified atom stereocenters. The zero-order valence-corrected chi connectivity index (χ0v) is 10.8. The van der Waals surface area contributed by atoms with Gasteiger partial charge in [-0.25, -0.2) is 0 Å². The van der Waals surface area contributed by atoms with Gasteiger partial charge in [0.2, 0.25) is 0 Å². The predicted molar refractivity (Wildman–Crippen MR) is 70.2 cm³/mol. The van der Waals surface area contributed by atoms with Crippen LogP contribution >= 0.6 is 11.6 Å². The number of nitro groups is 1. The summed E-state index contributed by atoms with van der Waals surface area (Å²) in [6, 6.07) is 5.12. The summed E-state index contributed by atoms with van der Waals surface area (Å²) in [5.74, 6) is 0. The Kier molecular flexibility index (Phi) is 4.04. The Labute approximate surface area is 110 Å². The van der Waals surface area contributed by atoms with Crippen molar-refractivity contribution in [2.24, 2.45) is 0 Å². The molecule has 0 heterocycles. The lowest BCUT2D eigenvalue weighted by Gasteiger charge is -2.14. The number of nitrogens with zero attached hydrogens (tertiary/aromatic N) is 1. The summed E-state index contributed by atoms with van der Waals surface area (Å²) in [6.45, 7) is 0. The Hall–Kier alpha value is -1.33. The molecule has 1 fully saturated rings. The molecule has 0 amide bonds. The summed E-state index contributed by atoms with van der Waals surface area (Å²) in [5.41, 5.74) is 0.425. The van der Waals surface area contributed by atoms with Crippen LogP contribution in [0.2, 0.25) is 5.02 Å². The van der Waals surface area contributed by atoms with Crippen LogP contribution in [0, 0.1) is 10.1 Å². The van der Waals surface area contributed by atoms with E-state index in [0.717, 1.165) is 19.3 Å². The quantitative estimate of drug-likeness (QED) is 0.674. The molecule has 1 aromatic carbocycles. The van der Waals surface area contributed by atoms with Crippen molar-refractivity contribution in [2.45, 2.75) is 31.4 Å². The molecule has 2 rings (SSSR count). The third kappa shape index (κ3) is 2.73. The molecule has 0 bridgehead atoms. The lowest BCUT2D eigenvalue weighted by molar-refractivity contribution is -0.383. The van der Waals surface area contributed by atoms with Gasteiger partial charge in [0.25, 0.3) is 0 Å². The molecule has 98 valence electrons. The van der Waals surface area contributed by atoms with Gasteiger partial charge in [0.15, 0.2) is 0 Å². The molecule has 1 saturated carbocycles. The largest absolute Gasteiger partial charge is 0.381 e. The standard InChI is InChI=1S/C12H15ClN2O3/c1-18-9-6-5-8(7-9)14-11-4-2-3-10(13)12(11)15(16)17/h2-4,8-9,14H,5-7H2,1H3. The van der Waals surface area contributed by atoms with E-state index in [4.69, 9.17) is 16.3 Å². The maximum Gasteiger partial charge on any atom is 0.310 e. The van der Waals surface area contributed by atoms with Crippen LogP contribution in [0.25, 0.3) is 0 Å². The minimum absolute atomic E-state index is 0.0555. The maximum atomic E-state index is 11.0. The van der Waals surface area contributed by atoms with Crippen molar-refractivity contribution in [1.29, 1.82) is 0 Å². The maximum absolute atomic E-state index is 11.0. The number of rotatable bonds is 4. The highest BCUT2D eigenvalue weighted by atomic mass is 35.5. The number of anilines is 1. The first kappa shape index (κ1) is 13.1. The van der Waals surface area contributed by atoms with Crippen LogP contribution in [0.4, 0.5) is 11.4 Å². The number of para-hydroxylation sites is 1. The molecule has 1 N–H and O–H groups in total. The van der Waals surface area contributed by atoms with Gasteiger partial charge < -0.3 is 10.1 Å². The molecule has 1 aliphatic carbocycles. The van der Waals surface area contributed by atoms with Crippen LogP contribution in [0.3, 0.4) is 0 Å². The van der Waals surface area contributed by atoms with Gasteiger partial charge in [0.05, 0.1) is 11.0 Å². The molecule has 0 radical (unpaired) electrons. The minimum atomic E-state index is -0.451. The number of hydrogen-bond donors (Lipinski definition) is 1. The molecule has 0 spiro atoms. The summed E-state index contributed by atoms with van der Waals surface area (Å²) in [5, 5.41) is 14.3. The average Bonchev–Trinajstić information content (AvgIpc) is 2.76. The summed E-state index contributed by atoms with van der Waals surface area (Å²) in [4.78, 5) is 10.5. The van der Waals surface area contributed by atoms with Crippen molar-refractivity contribution in [1.82, 2.24) is 0 Å². The van der Waals surface area contributed by atoms with Gasteiger partial charge in [0.1, 0.15) is 10.7 Å². The molecule has 2 atom stereocenters. The highest BCUT2D eigenvalue weighted by Gasteiger charge is 2.27. The molecule has 5 nitrogen and oxygen atoms in total. The third-order valence-electron chi connectivity index (χ3n) is 3.25. The van der Waals surface area contributed by atoms with Crippen molar-refractivity contribution in [3.05, 3.63) is 33.3 Å². The van der Waals surface area contributed by atoms with Crippen LogP contribution < -0.4 is 5.32 Å². The second-order valence-electron chi connectivity index (χ2n) is 4.41. The number of benzene rings is 1. The second-order valence-corrected chi connectivity index (χ2v) is 4.81. The normalized spacial score (nSPS) is 23.0. The summed E-state index contributed by atoms with van der Waals surface area (Å²) < 4.78 is 5.28. The molecule has 0 aromatic heterocycles. The van der Waals surface area contributed by atoms with Gasteiger partial charge in [0, 0.05) is 13.2 Å². The molecular weight excluding hydrogens is 256 g/mol. The van der Waals surface area contributed by atoms with E-state index in [1.165, 1.54) is 6.07 Å². The van der Waals surface area contributed by atoms with Gasteiger partial charge in [-0.1, -0.05) is 17.7 Å². The summed E-state index contributed by atoms with van der Waals surface area (Å²) >= 11 is 5.86. The Balaban J connectivity index is 2.15. The van der Waals surface area contributed by atoms with E-state index in [0.29, 0.717) is 5.69 Å². The van der Waals surface area contributed by atoms with E-state index in [1.54, 1.807) is 19.2 Å². The molecule has 1 aliphatic rings. The Morgan fingerprint density at radius 2 is 2.28 bits per heavy atom. The minimum Gasteiger partial charge on any atom is -0.381 e. The van der Waals surface area contributed by atoms with Crippen molar-refractivity contribution >= 4 is 23.0 Å². The molecular formula is C12H15ClN2O3. The van der Waals surface area contributed by atoms with E-state index in [-0.39, 0.29) is 22.9 Å². The van der Waals surface area contributed by atoms with Crippen LogP contribution in [-0.4, -0.2) is 24.2 Å². The SMILES string of the molecule is COC1CCC(Nc2cccc(Cl)c2[N+](=O)[O-])C1. The smallest absolute Gasteiger partial charge is 0.310 e. The topological polar surface area (TPSA) is 64.4 Å². The lowest BCUT2D eigenvalue weighted by atomic mass is 10.2. The zero-order valence-electron chi connectivity index (χ0n) is 10.1. The highest BCUT2D eigenvalue weighted by molar-refractivity contribution is 6.33. The molecule has 6 heteroatoms. The number of nitro benzene ring substituents is 1. The Bertz CT molecular complexity index is 453. The first-order valence-corrected chi connectivity index (χ1v) is 6.22. The van der Waals surface area contributed by atoms with Gasteiger partial charge in [-0.15, -0.1) is 0 Å². The van der Waals surface area contributed by atoms with E-state index >= 15 is 0 Å². The van der Waals surface area contributed by atoms with E-state index in [2.05, 4.69) is 5.32 Å². The predicted octanol–water partition coefficient (Wildman–Crippen LogP) is 3.23. The van der Waals surface area contributed by atoms with Crippen molar-refractivity contribution < 1.29 is 9.66 Å². The summed E-state index contributed by atoms with van der Waals surface area (Å²) in [6.07, 6.45) is 3.02. The molecule has 18 heavy (non-hydrogen) atoms. The first-order chi connectivity index (χ1) is 8.61. The van der Waals surface area contributed by atoms with Gasteiger partial charge in [-0.2, -0.15) is 0 Å².